The summed E-state index contributed by atoms with van der Waals surface area (Å²) >= 11 is 1.14. The fraction of sp³-hybridized carbons (Fsp3) is 0.625. The quantitative estimate of drug-likeness (QED) is 0.720. The molecule has 2 saturated heterocycles. The molecule has 1 aromatic rings. The maximum absolute atomic E-state index is 12.9. The maximum atomic E-state index is 12.9. The summed E-state index contributed by atoms with van der Waals surface area (Å²) in [4.78, 5) is 26.7. The standard InChI is InChI=1S/C16H23N3O5S2/c1-24-16(21)13-11-18(26(22,23)14-3-2-10-25-14)8-9-19(13)15(20)12-4-6-17-7-5-12/h2-3,10,12-13,17H,4-9,11H2,1H3. The Kier molecular flexibility index (Phi) is 5.96. The van der Waals surface area contributed by atoms with E-state index in [-0.39, 0.29) is 35.7 Å². The number of thiophene rings is 1. The lowest BCUT2D eigenvalue weighted by molar-refractivity contribution is -0.157. The lowest BCUT2D eigenvalue weighted by atomic mass is 9.95. The molecule has 1 aromatic heterocycles. The van der Waals surface area contributed by atoms with Crippen LogP contribution < -0.4 is 5.32 Å². The summed E-state index contributed by atoms with van der Waals surface area (Å²) in [5.74, 6) is -0.808. The number of hydrogen-bond acceptors (Lipinski definition) is 7. The van der Waals surface area contributed by atoms with Gasteiger partial charge in [-0.3, -0.25) is 4.79 Å². The molecule has 144 valence electrons. The van der Waals surface area contributed by atoms with E-state index in [2.05, 4.69) is 5.32 Å². The van der Waals surface area contributed by atoms with E-state index < -0.39 is 22.0 Å². The van der Waals surface area contributed by atoms with Crippen molar-refractivity contribution in [3.63, 3.8) is 0 Å². The number of sulfonamides is 1. The lowest BCUT2D eigenvalue weighted by Crippen LogP contribution is -2.60. The molecule has 1 unspecified atom stereocenters. The molecular formula is C16H23N3O5S2. The van der Waals surface area contributed by atoms with Crippen LogP contribution in [0.1, 0.15) is 12.8 Å². The van der Waals surface area contributed by atoms with Gasteiger partial charge >= 0.3 is 5.97 Å². The molecule has 8 nitrogen and oxygen atoms in total. The van der Waals surface area contributed by atoms with E-state index in [1.54, 1.807) is 17.5 Å². The van der Waals surface area contributed by atoms with Gasteiger partial charge in [-0.05, 0) is 37.4 Å². The van der Waals surface area contributed by atoms with E-state index in [4.69, 9.17) is 4.74 Å². The van der Waals surface area contributed by atoms with Gasteiger partial charge in [0.05, 0.1) is 7.11 Å². The van der Waals surface area contributed by atoms with Crippen molar-refractivity contribution in [2.75, 3.05) is 39.8 Å². The Bertz CT molecular complexity index is 744. The van der Waals surface area contributed by atoms with Gasteiger partial charge in [0.2, 0.25) is 5.91 Å². The average Bonchev–Trinajstić information content (AvgIpc) is 3.22. The Morgan fingerprint density at radius 2 is 2.00 bits per heavy atom. The van der Waals surface area contributed by atoms with Crippen molar-refractivity contribution in [3.05, 3.63) is 17.5 Å². The summed E-state index contributed by atoms with van der Waals surface area (Å²) in [5, 5.41) is 4.91. The van der Waals surface area contributed by atoms with Gasteiger partial charge in [-0.15, -0.1) is 11.3 Å². The van der Waals surface area contributed by atoms with Crippen LogP contribution >= 0.6 is 11.3 Å². The molecule has 0 bridgehead atoms. The van der Waals surface area contributed by atoms with Crippen LogP contribution in [0.25, 0.3) is 0 Å². The van der Waals surface area contributed by atoms with Gasteiger partial charge < -0.3 is 15.0 Å². The number of rotatable bonds is 4. The maximum Gasteiger partial charge on any atom is 0.329 e. The van der Waals surface area contributed by atoms with Crippen molar-refractivity contribution in [2.45, 2.75) is 23.1 Å². The Labute approximate surface area is 157 Å². The normalized spacial score (nSPS) is 23.0. The van der Waals surface area contributed by atoms with Crippen molar-refractivity contribution < 1.29 is 22.7 Å². The molecular weight excluding hydrogens is 378 g/mol. The Morgan fingerprint density at radius 3 is 2.62 bits per heavy atom. The number of carbonyl (C=O) groups is 2. The summed E-state index contributed by atoms with van der Waals surface area (Å²) < 4.78 is 31.9. The second kappa shape index (κ2) is 8.03. The van der Waals surface area contributed by atoms with Gasteiger partial charge in [0.25, 0.3) is 10.0 Å². The van der Waals surface area contributed by atoms with E-state index in [0.717, 1.165) is 37.3 Å². The molecule has 10 heteroatoms. The molecule has 2 aliphatic rings. The molecule has 2 aliphatic heterocycles. The summed E-state index contributed by atoms with van der Waals surface area (Å²) in [7, 11) is -2.42. The zero-order valence-corrected chi connectivity index (χ0v) is 16.2. The van der Waals surface area contributed by atoms with Crippen LogP contribution in [0.5, 0.6) is 0 Å². The first-order chi connectivity index (χ1) is 12.4. The van der Waals surface area contributed by atoms with E-state index in [0.29, 0.717) is 0 Å². The van der Waals surface area contributed by atoms with Crippen molar-refractivity contribution >= 4 is 33.2 Å². The average molecular weight is 402 g/mol. The van der Waals surface area contributed by atoms with Crippen molar-refractivity contribution in [1.29, 1.82) is 0 Å². The number of esters is 1. The minimum atomic E-state index is -3.67. The topological polar surface area (TPSA) is 96.0 Å². The van der Waals surface area contributed by atoms with Gasteiger partial charge in [0.1, 0.15) is 10.3 Å². The number of carbonyl (C=O) groups excluding carboxylic acids is 2. The molecule has 1 N–H and O–H groups in total. The van der Waals surface area contributed by atoms with Crippen LogP contribution in [0.4, 0.5) is 0 Å². The predicted molar refractivity (Wildman–Crippen MR) is 96.2 cm³/mol. The monoisotopic (exact) mass is 401 g/mol. The summed E-state index contributed by atoms with van der Waals surface area (Å²) in [5.41, 5.74) is 0. The van der Waals surface area contributed by atoms with Crippen LogP contribution in [0.2, 0.25) is 0 Å². The summed E-state index contributed by atoms with van der Waals surface area (Å²) in [6, 6.07) is 2.30. The van der Waals surface area contributed by atoms with Gasteiger partial charge in [-0.25, -0.2) is 13.2 Å². The number of nitrogens with one attached hydrogen (secondary N) is 1. The number of piperazine rings is 1. The van der Waals surface area contributed by atoms with Gasteiger partial charge in [0.15, 0.2) is 0 Å². The largest absolute Gasteiger partial charge is 0.467 e. The number of methoxy groups -OCH3 is 1. The fourth-order valence-corrected chi connectivity index (χ4v) is 6.00. The Balaban J connectivity index is 1.79. The first-order valence-electron chi connectivity index (χ1n) is 8.58. The highest BCUT2D eigenvalue weighted by Gasteiger charge is 2.42. The second-order valence-corrected chi connectivity index (χ2v) is 9.50. The minimum absolute atomic E-state index is 0.0797. The minimum Gasteiger partial charge on any atom is -0.467 e. The first-order valence-corrected chi connectivity index (χ1v) is 10.9. The molecule has 0 spiro atoms. The number of hydrogen-bond donors (Lipinski definition) is 1. The number of amides is 1. The molecule has 1 amide bonds. The highest BCUT2D eigenvalue weighted by atomic mass is 32.2. The third-order valence-corrected chi connectivity index (χ3v) is 8.12. The third-order valence-electron chi connectivity index (χ3n) is 4.88. The summed E-state index contributed by atoms with van der Waals surface area (Å²) in [6.45, 7) is 1.82. The third kappa shape index (κ3) is 3.78. The SMILES string of the molecule is COC(=O)C1CN(S(=O)(=O)c2cccs2)CCN1C(=O)C1CCNCC1. The molecule has 0 aliphatic carbocycles. The number of nitrogens with zero attached hydrogens (tertiary/aromatic N) is 2. The second-order valence-electron chi connectivity index (χ2n) is 6.39. The van der Waals surface area contributed by atoms with Crippen molar-refractivity contribution in [1.82, 2.24) is 14.5 Å². The van der Waals surface area contributed by atoms with E-state index >= 15 is 0 Å². The molecule has 26 heavy (non-hydrogen) atoms. The zero-order valence-electron chi connectivity index (χ0n) is 14.6. The summed E-state index contributed by atoms with van der Waals surface area (Å²) in [6.07, 6.45) is 1.45. The molecule has 1 atom stereocenters. The van der Waals surface area contributed by atoms with Crippen LogP contribution in [-0.4, -0.2) is 75.4 Å². The predicted octanol–water partition coefficient (Wildman–Crippen LogP) is 0.122. The van der Waals surface area contributed by atoms with Crippen molar-refractivity contribution in [2.24, 2.45) is 5.92 Å². The Hall–Kier alpha value is -1.49. The van der Waals surface area contributed by atoms with Crippen molar-refractivity contribution in [3.8, 4) is 0 Å². The highest BCUT2D eigenvalue weighted by molar-refractivity contribution is 7.91. The van der Waals surface area contributed by atoms with E-state index in [1.165, 1.54) is 16.3 Å². The molecule has 2 fully saturated rings. The van der Waals surface area contributed by atoms with Gasteiger partial charge in [-0.1, -0.05) is 6.07 Å². The molecule has 0 saturated carbocycles. The van der Waals surface area contributed by atoms with Crippen LogP contribution in [-0.2, 0) is 24.3 Å². The molecule has 3 rings (SSSR count). The number of piperidine rings is 1. The first kappa shape index (κ1) is 19.3. The lowest BCUT2D eigenvalue weighted by Gasteiger charge is -2.40. The molecule has 3 heterocycles. The van der Waals surface area contributed by atoms with Gasteiger partial charge in [-0.2, -0.15) is 4.31 Å². The number of ether oxygens (including phenoxy) is 1. The highest BCUT2D eigenvalue weighted by Crippen LogP contribution is 2.26. The fourth-order valence-electron chi connectivity index (χ4n) is 3.42. The molecule has 0 radical (unpaired) electrons. The smallest absolute Gasteiger partial charge is 0.329 e. The Morgan fingerprint density at radius 1 is 1.27 bits per heavy atom. The molecule has 0 aromatic carbocycles. The van der Waals surface area contributed by atoms with Crippen LogP contribution in [0.3, 0.4) is 0 Å². The van der Waals surface area contributed by atoms with E-state index in [9.17, 15) is 18.0 Å². The van der Waals surface area contributed by atoms with E-state index in [1.807, 2.05) is 0 Å². The zero-order chi connectivity index (χ0) is 18.7. The van der Waals surface area contributed by atoms with Crippen LogP contribution in [0, 0.1) is 5.92 Å². The van der Waals surface area contributed by atoms with Crippen LogP contribution in [0.15, 0.2) is 21.7 Å². The van der Waals surface area contributed by atoms with Gasteiger partial charge in [0, 0.05) is 25.6 Å².